The maximum Gasteiger partial charge on any atom is 0.126 e. The quantitative estimate of drug-likeness (QED) is 0.895. The minimum Gasteiger partial charge on any atom is -0.365 e. The second-order valence-electron chi connectivity index (χ2n) is 3.08. The van der Waals surface area contributed by atoms with Gasteiger partial charge in [0.05, 0.1) is 22.8 Å². The highest BCUT2D eigenvalue weighted by atomic mass is 35.5. The lowest BCUT2D eigenvalue weighted by Gasteiger charge is -2.03. The fraction of sp³-hybridized carbons (Fsp3) is 0.200. The minimum atomic E-state index is 0.648. The van der Waals surface area contributed by atoms with E-state index in [1.807, 2.05) is 24.6 Å². The molecule has 5 heteroatoms. The summed E-state index contributed by atoms with van der Waals surface area (Å²) < 4.78 is 0. The normalized spacial score (nSPS) is 10.3. The monoisotopic (exact) mass is 239 g/mol. The van der Waals surface area contributed by atoms with Crippen LogP contribution in [-0.2, 0) is 6.54 Å². The largest absolute Gasteiger partial charge is 0.365 e. The predicted molar refractivity (Wildman–Crippen MR) is 63.4 cm³/mol. The van der Waals surface area contributed by atoms with Crippen LogP contribution in [0.5, 0.6) is 0 Å². The lowest BCUT2D eigenvalue weighted by atomic mass is 10.4. The Hall–Kier alpha value is -1.13. The Morgan fingerprint density at radius 2 is 2.27 bits per heavy atom. The van der Waals surface area contributed by atoms with Crippen LogP contribution in [0, 0.1) is 6.92 Å². The Morgan fingerprint density at radius 3 is 2.87 bits per heavy atom. The highest BCUT2D eigenvalue weighted by Crippen LogP contribution is 2.15. The molecule has 3 nitrogen and oxygen atoms in total. The summed E-state index contributed by atoms with van der Waals surface area (Å²) in [6.07, 6.45) is 1.63. The number of rotatable bonds is 3. The number of aryl methyl sites for hydroxylation is 1. The van der Waals surface area contributed by atoms with E-state index in [1.54, 1.807) is 17.5 Å². The van der Waals surface area contributed by atoms with Gasteiger partial charge in [0, 0.05) is 11.1 Å². The van der Waals surface area contributed by atoms with Crippen molar-refractivity contribution in [2.75, 3.05) is 5.32 Å². The zero-order valence-corrected chi connectivity index (χ0v) is 9.77. The smallest absolute Gasteiger partial charge is 0.126 e. The molecule has 0 atom stereocenters. The van der Waals surface area contributed by atoms with E-state index in [-0.39, 0.29) is 0 Å². The number of nitrogens with zero attached hydrogens (tertiary/aromatic N) is 2. The Bertz CT molecular complexity index is 438. The molecular formula is C10H10ClN3S. The van der Waals surface area contributed by atoms with Crippen molar-refractivity contribution in [1.29, 1.82) is 0 Å². The van der Waals surface area contributed by atoms with E-state index in [0.29, 0.717) is 5.02 Å². The molecule has 15 heavy (non-hydrogen) atoms. The number of pyridine rings is 1. The van der Waals surface area contributed by atoms with Crippen LogP contribution in [0.15, 0.2) is 23.8 Å². The fourth-order valence-corrected chi connectivity index (χ4v) is 1.98. The van der Waals surface area contributed by atoms with Crippen LogP contribution in [0.25, 0.3) is 0 Å². The molecular weight excluding hydrogens is 230 g/mol. The molecule has 2 heterocycles. The Morgan fingerprint density at radius 1 is 1.40 bits per heavy atom. The molecule has 0 fully saturated rings. The Balaban J connectivity index is 1.99. The average Bonchev–Trinajstić information content (AvgIpc) is 2.63. The molecule has 1 N–H and O–H groups in total. The average molecular weight is 240 g/mol. The highest BCUT2D eigenvalue weighted by Gasteiger charge is 2.01. The summed E-state index contributed by atoms with van der Waals surface area (Å²) in [5.74, 6) is 0.826. The molecule has 0 saturated carbocycles. The van der Waals surface area contributed by atoms with Crippen molar-refractivity contribution in [3.05, 3.63) is 39.4 Å². The number of hydrogen-bond acceptors (Lipinski definition) is 4. The van der Waals surface area contributed by atoms with Gasteiger partial charge >= 0.3 is 0 Å². The van der Waals surface area contributed by atoms with Gasteiger partial charge in [0.2, 0.25) is 0 Å². The van der Waals surface area contributed by atoms with E-state index in [4.69, 9.17) is 11.6 Å². The molecule has 0 aromatic carbocycles. The van der Waals surface area contributed by atoms with Crippen molar-refractivity contribution in [3.8, 4) is 0 Å². The predicted octanol–water partition coefficient (Wildman–Crippen LogP) is 3.11. The number of anilines is 1. The first-order valence-electron chi connectivity index (χ1n) is 4.50. The topological polar surface area (TPSA) is 37.8 Å². The van der Waals surface area contributed by atoms with Crippen molar-refractivity contribution < 1.29 is 0 Å². The first-order valence-corrected chi connectivity index (χ1v) is 5.76. The fourth-order valence-electron chi connectivity index (χ4n) is 1.15. The molecule has 0 amide bonds. The number of hydrogen-bond donors (Lipinski definition) is 1. The maximum atomic E-state index is 5.74. The third-order valence-electron chi connectivity index (χ3n) is 2.00. The number of aromatic nitrogens is 2. The lowest BCUT2D eigenvalue weighted by Crippen LogP contribution is -2.00. The molecule has 0 bridgehead atoms. The van der Waals surface area contributed by atoms with Gasteiger partial charge in [-0.25, -0.2) is 9.97 Å². The molecule has 0 aliphatic rings. The summed E-state index contributed by atoms with van der Waals surface area (Å²) in [7, 11) is 0. The molecule has 0 spiro atoms. The van der Waals surface area contributed by atoms with Crippen molar-refractivity contribution in [3.63, 3.8) is 0 Å². The van der Waals surface area contributed by atoms with Gasteiger partial charge in [-0.05, 0) is 19.1 Å². The Kier molecular flexibility index (Phi) is 3.18. The molecule has 2 aromatic rings. The van der Waals surface area contributed by atoms with Gasteiger partial charge in [-0.15, -0.1) is 11.3 Å². The number of thiazole rings is 1. The molecule has 2 aromatic heterocycles. The zero-order valence-electron chi connectivity index (χ0n) is 8.20. The van der Waals surface area contributed by atoms with Gasteiger partial charge in [-0.1, -0.05) is 11.6 Å². The van der Waals surface area contributed by atoms with Gasteiger partial charge in [-0.3, -0.25) is 0 Å². The molecule has 2 rings (SSSR count). The molecule has 0 saturated heterocycles. The van der Waals surface area contributed by atoms with E-state index in [9.17, 15) is 0 Å². The van der Waals surface area contributed by atoms with E-state index in [1.165, 1.54) is 4.88 Å². The molecule has 0 radical (unpaired) electrons. The number of nitrogens with one attached hydrogen (secondary N) is 1. The van der Waals surface area contributed by atoms with Gasteiger partial charge < -0.3 is 5.32 Å². The van der Waals surface area contributed by atoms with E-state index < -0.39 is 0 Å². The van der Waals surface area contributed by atoms with Crippen LogP contribution in [0.3, 0.4) is 0 Å². The first kappa shape index (κ1) is 10.4. The third-order valence-corrected chi connectivity index (χ3v) is 3.16. The standard InChI is InChI=1S/C10H10ClN3S/c1-7-9(15-6-14-7)5-13-10-3-2-8(11)4-12-10/h2-4,6H,5H2,1H3,(H,12,13). The summed E-state index contributed by atoms with van der Waals surface area (Å²) in [4.78, 5) is 9.56. The Labute approximate surface area is 97.2 Å². The number of halogens is 1. The van der Waals surface area contributed by atoms with Crippen LogP contribution < -0.4 is 5.32 Å². The van der Waals surface area contributed by atoms with E-state index in [2.05, 4.69) is 15.3 Å². The SMILES string of the molecule is Cc1ncsc1CNc1ccc(Cl)cn1. The lowest BCUT2D eigenvalue weighted by molar-refractivity contribution is 1.10. The molecule has 0 unspecified atom stereocenters. The van der Waals surface area contributed by atoms with Crippen molar-refractivity contribution >= 4 is 28.8 Å². The highest BCUT2D eigenvalue weighted by molar-refractivity contribution is 7.09. The summed E-state index contributed by atoms with van der Waals surface area (Å²) in [6, 6.07) is 3.68. The van der Waals surface area contributed by atoms with Gasteiger partial charge in [0.1, 0.15) is 5.82 Å². The minimum absolute atomic E-state index is 0.648. The molecule has 0 aliphatic heterocycles. The maximum absolute atomic E-state index is 5.74. The van der Waals surface area contributed by atoms with Crippen molar-refractivity contribution in [2.24, 2.45) is 0 Å². The summed E-state index contributed by atoms with van der Waals surface area (Å²) in [6.45, 7) is 2.76. The first-order chi connectivity index (χ1) is 7.25. The van der Waals surface area contributed by atoms with Crippen molar-refractivity contribution in [1.82, 2.24) is 9.97 Å². The van der Waals surface area contributed by atoms with E-state index in [0.717, 1.165) is 18.1 Å². The second kappa shape index (κ2) is 4.59. The van der Waals surface area contributed by atoms with Crippen LogP contribution in [0.2, 0.25) is 5.02 Å². The zero-order chi connectivity index (χ0) is 10.7. The van der Waals surface area contributed by atoms with Crippen LogP contribution in [-0.4, -0.2) is 9.97 Å². The van der Waals surface area contributed by atoms with Gasteiger partial charge in [-0.2, -0.15) is 0 Å². The van der Waals surface area contributed by atoms with E-state index >= 15 is 0 Å². The van der Waals surface area contributed by atoms with Crippen LogP contribution in [0.4, 0.5) is 5.82 Å². The van der Waals surface area contributed by atoms with Crippen LogP contribution >= 0.6 is 22.9 Å². The third kappa shape index (κ3) is 2.67. The van der Waals surface area contributed by atoms with Gasteiger partial charge in [0.15, 0.2) is 0 Å². The summed E-state index contributed by atoms with van der Waals surface area (Å²) in [5.41, 5.74) is 2.92. The second-order valence-corrected chi connectivity index (χ2v) is 4.45. The van der Waals surface area contributed by atoms with Gasteiger partial charge in [0.25, 0.3) is 0 Å². The molecule has 0 aliphatic carbocycles. The van der Waals surface area contributed by atoms with Crippen LogP contribution in [0.1, 0.15) is 10.6 Å². The summed E-state index contributed by atoms with van der Waals surface area (Å²) in [5, 5.41) is 3.86. The summed E-state index contributed by atoms with van der Waals surface area (Å²) >= 11 is 7.38. The molecule has 78 valence electrons. The van der Waals surface area contributed by atoms with Crippen molar-refractivity contribution in [2.45, 2.75) is 13.5 Å².